The van der Waals surface area contributed by atoms with Crippen LogP contribution >= 0.6 is 0 Å². The molecule has 2 aromatic rings. The molecule has 3 amide bonds. The lowest BCUT2D eigenvalue weighted by Gasteiger charge is -2.48. The molecule has 0 bridgehead atoms. The number of hydrogen-bond acceptors (Lipinski definition) is 5. The fourth-order valence-corrected chi connectivity index (χ4v) is 5.47. The van der Waals surface area contributed by atoms with E-state index in [4.69, 9.17) is 4.74 Å². The van der Waals surface area contributed by atoms with E-state index in [0.29, 0.717) is 30.6 Å². The van der Waals surface area contributed by atoms with Gasteiger partial charge in [-0.25, -0.2) is 0 Å². The molecule has 0 saturated carbocycles. The molecule has 184 valence electrons. The Morgan fingerprint density at radius 1 is 1.14 bits per heavy atom. The zero-order chi connectivity index (χ0) is 24.6. The molecule has 5 rings (SSSR count). The monoisotopic (exact) mass is 476 g/mol. The molecular formula is C27H32N4O4. The van der Waals surface area contributed by atoms with Crippen LogP contribution in [-0.2, 0) is 27.4 Å². The Labute approximate surface area is 205 Å². The van der Waals surface area contributed by atoms with Gasteiger partial charge in [0.15, 0.2) is 0 Å². The highest BCUT2D eigenvalue weighted by atomic mass is 16.5. The zero-order valence-electron chi connectivity index (χ0n) is 20.3. The number of hydrogen-bond donors (Lipinski definition) is 1. The Morgan fingerprint density at radius 3 is 2.77 bits per heavy atom. The molecule has 3 heterocycles. The number of benzene rings is 2. The summed E-state index contributed by atoms with van der Waals surface area (Å²) in [6.45, 7) is 7.66. The minimum Gasteiger partial charge on any atom is -0.376 e. The summed E-state index contributed by atoms with van der Waals surface area (Å²) in [6.07, 6.45) is 1.09. The van der Waals surface area contributed by atoms with E-state index in [9.17, 15) is 14.4 Å². The first kappa shape index (κ1) is 23.5. The second-order valence-corrected chi connectivity index (χ2v) is 9.87. The number of para-hydroxylation sites is 1. The predicted molar refractivity (Wildman–Crippen MR) is 132 cm³/mol. The van der Waals surface area contributed by atoms with E-state index < -0.39 is 5.66 Å². The lowest BCUT2D eigenvalue weighted by atomic mass is 9.98. The van der Waals surface area contributed by atoms with Crippen LogP contribution in [0.4, 0.5) is 5.69 Å². The van der Waals surface area contributed by atoms with Crippen LogP contribution in [0.1, 0.15) is 48.2 Å². The Balaban J connectivity index is 1.24. The van der Waals surface area contributed by atoms with E-state index in [1.54, 1.807) is 28.0 Å². The Hall–Kier alpha value is -3.23. The van der Waals surface area contributed by atoms with Gasteiger partial charge in [-0.1, -0.05) is 36.4 Å². The quantitative estimate of drug-likeness (QED) is 0.693. The SMILES string of the molecule is CC1CN(Cc2cccc(CNC(=O)CN3C(=O)c4ccccc4N4C(=O)CCC34C)c2)CCO1. The van der Waals surface area contributed by atoms with E-state index in [-0.39, 0.29) is 30.4 Å². The topological polar surface area (TPSA) is 82.2 Å². The molecule has 1 N–H and O–H groups in total. The van der Waals surface area contributed by atoms with Crippen molar-refractivity contribution >= 4 is 23.4 Å². The van der Waals surface area contributed by atoms with Gasteiger partial charge >= 0.3 is 0 Å². The molecule has 0 aliphatic carbocycles. The first-order valence-electron chi connectivity index (χ1n) is 12.3. The smallest absolute Gasteiger partial charge is 0.258 e. The van der Waals surface area contributed by atoms with Gasteiger partial charge in [0, 0.05) is 32.6 Å². The van der Waals surface area contributed by atoms with Crippen LogP contribution in [0.25, 0.3) is 0 Å². The van der Waals surface area contributed by atoms with Gasteiger partial charge in [0.1, 0.15) is 12.2 Å². The van der Waals surface area contributed by atoms with Crippen LogP contribution in [0.3, 0.4) is 0 Å². The largest absolute Gasteiger partial charge is 0.376 e. The molecule has 2 unspecified atom stereocenters. The van der Waals surface area contributed by atoms with Gasteiger partial charge in [0.25, 0.3) is 5.91 Å². The van der Waals surface area contributed by atoms with E-state index in [1.807, 2.05) is 25.1 Å². The number of carbonyl (C=O) groups is 3. The molecule has 0 spiro atoms. The number of fused-ring (bicyclic) bond motifs is 3. The Bertz CT molecular complexity index is 1150. The minimum absolute atomic E-state index is 0.0238. The van der Waals surface area contributed by atoms with Crippen LogP contribution in [0, 0.1) is 0 Å². The molecule has 0 aromatic heterocycles. The minimum atomic E-state index is -0.838. The number of anilines is 1. The van der Waals surface area contributed by atoms with Crippen LogP contribution in [0.15, 0.2) is 48.5 Å². The van der Waals surface area contributed by atoms with Crippen molar-refractivity contribution in [2.24, 2.45) is 0 Å². The number of nitrogens with zero attached hydrogens (tertiary/aromatic N) is 3. The molecule has 2 aromatic carbocycles. The van der Waals surface area contributed by atoms with Gasteiger partial charge in [-0.2, -0.15) is 0 Å². The molecule has 3 aliphatic heterocycles. The second-order valence-electron chi connectivity index (χ2n) is 9.87. The molecule has 2 saturated heterocycles. The van der Waals surface area contributed by atoms with Crippen molar-refractivity contribution in [1.29, 1.82) is 0 Å². The number of rotatable bonds is 6. The summed E-state index contributed by atoms with van der Waals surface area (Å²) in [7, 11) is 0. The third kappa shape index (κ3) is 4.56. The van der Waals surface area contributed by atoms with Crippen LogP contribution in [0.2, 0.25) is 0 Å². The van der Waals surface area contributed by atoms with Crippen molar-refractivity contribution in [3.63, 3.8) is 0 Å². The van der Waals surface area contributed by atoms with Crippen LogP contribution < -0.4 is 10.2 Å². The predicted octanol–water partition coefficient (Wildman–Crippen LogP) is 2.52. The van der Waals surface area contributed by atoms with Gasteiger partial charge in [0.05, 0.1) is 24.0 Å². The highest BCUT2D eigenvalue weighted by Gasteiger charge is 2.53. The first-order chi connectivity index (χ1) is 16.8. The zero-order valence-corrected chi connectivity index (χ0v) is 20.3. The molecule has 35 heavy (non-hydrogen) atoms. The summed E-state index contributed by atoms with van der Waals surface area (Å²) in [5, 5.41) is 2.97. The van der Waals surface area contributed by atoms with Crippen LogP contribution in [0.5, 0.6) is 0 Å². The maximum absolute atomic E-state index is 13.3. The molecule has 8 heteroatoms. The molecule has 2 fully saturated rings. The first-order valence-corrected chi connectivity index (χ1v) is 12.3. The number of carbonyl (C=O) groups excluding carboxylic acids is 3. The molecular weight excluding hydrogens is 444 g/mol. The molecule has 8 nitrogen and oxygen atoms in total. The molecule has 3 aliphatic rings. The summed E-state index contributed by atoms with van der Waals surface area (Å²) < 4.78 is 5.62. The summed E-state index contributed by atoms with van der Waals surface area (Å²) >= 11 is 0. The number of morpholine rings is 1. The van der Waals surface area contributed by atoms with E-state index in [1.165, 1.54) is 5.56 Å². The fraction of sp³-hybridized carbons (Fsp3) is 0.444. The highest BCUT2D eigenvalue weighted by Crippen LogP contribution is 2.43. The van der Waals surface area contributed by atoms with Gasteiger partial charge < -0.3 is 15.0 Å². The third-order valence-electron chi connectivity index (χ3n) is 7.26. The lowest BCUT2D eigenvalue weighted by molar-refractivity contribution is -0.124. The molecule has 2 atom stereocenters. The van der Waals surface area contributed by atoms with Crippen molar-refractivity contribution in [3.8, 4) is 0 Å². The van der Waals surface area contributed by atoms with Crippen LogP contribution in [-0.4, -0.2) is 65.5 Å². The van der Waals surface area contributed by atoms with E-state index >= 15 is 0 Å². The standard InChI is InChI=1S/C27H32N4O4/c1-19-16-29(12-13-35-19)17-21-7-5-6-20(14-21)15-28-24(32)18-30-26(34)22-8-3-4-9-23(22)31-25(33)10-11-27(30,31)2/h3-9,14,19H,10-13,15-18H2,1-2H3,(H,28,32). The van der Waals surface area contributed by atoms with Crippen molar-refractivity contribution in [1.82, 2.24) is 15.1 Å². The van der Waals surface area contributed by atoms with Crippen molar-refractivity contribution < 1.29 is 19.1 Å². The third-order valence-corrected chi connectivity index (χ3v) is 7.26. The normalized spacial score (nSPS) is 24.3. The van der Waals surface area contributed by atoms with E-state index in [2.05, 4.69) is 29.3 Å². The fourth-order valence-electron chi connectivity index (χ4n) is 5.47. The van der Waals surface area contributed by atoms with Gasteiger partial charge in [-0.3, -0.25) is 24.2 Å². The number of ether oxygens (including phenoxy) is 1. The van der Waals surface area contributed by atoms with Gasteiger partial charge in [0.2, 0.25) is 11.8 Å². The Kier molecular flexibility index (Phi) is 6.34. The summed E-state index contributed by atoms with van der Waals surface area (Å²) in [5.41, 5.74) is 2.45. The average molecular weight is 477 g/mol. The Morgan fingerprint density at radius 2 is 1.94 bits per heavy atom. The average Bonchev–Trinajstić information content (AvgIpc) is 3.16. The van der Waals surface area contributed by atoms with Crippen molar-refractivity contribution in [2.75, 3.05) is 31.1 Å². The maximum atomic E-state index is 13.3. The number of nitrogens with one attached hydrogen (secondary N) is 1. The summed E-state index contributed by atoms with van der Waals surface area (Å²) in [4.78, 5) is 44.6. The van der Waals surface area contributed by atoms with Gasteiger partial charge in [-0.15, -0.1) is 0 Å². The van der Waals surface area contributed by atoms with Crippen molar-refractivity contribution in [3.05, 3.63) is 65.2 Å². The molecule has 0 radical (unpaired) electrons. The summed E-state index contributed by atoms with van der Waals surface area (Å²) in [6, 6.07) is 15.3. The maximum Gasteiger partial charge on any atom is 0.258 e. The number of amides is 3. The van der Waals surface area contributed by atoms with Crippen molar-refractivity contribution in [2.45, 2.75) is 51.5 Å². The van der Waals surface area contributed by atoms with E-state index in [0.717, 1.165) is 31.8 Å². The second kappa shape index (κ2) is 9.43. The lowest BCUT2D eigenvalue weighted by Crippen LogP contribution is -2.63. The van der Waals surface area contributed by atoms with Gasteiger partial charge in [-0.05, 0) is 43.5 Å². The highest BCUT2D eigenvalue weighted by molar-refractivity contribution is 6.11. The summed E-state index contributed by atoms with van der Waals surface area (Å²) in [5.74, 6) is -0.485.